The normalized spacial score (nSPS) is 12.2. The van der Waals surface area contributed by atoms with Crippen LogP contribution in [0.5, 0.6) is 0 Å². The fraction of sp³-hybridized carbons (Fsp3) is 0.857. The lowest BCUT2D eigenvalue weighted by Crippen LogP contribution is -2.19. The third kappa shape index (κ3) is 5.41. The smallest absolute Gasteiger partial charge is 0.119 e. The number of amidine groups is 1. The number of nitrogens with two attached hydrogens (primary N) is 1. The summed E-state index contributed by atoms with van der Waals surface area (Å²) in [7, 11) is 0. The van der Waals surface area contributed by atoms with Crippen molar-refractivity contribution in [3.8, 4) is 0 Å². The molecule has 0 aliphatic heterocycles. The molecule has 0 atom stereocenters. The first-order valence-corrected chi connectivity index (χ1v) is 3.71. The molecule has 0 aliphatic rings. The van der Waals surface area contributed by atoms with Crippen molar-refractivity contribution in [3.05, 3.63) is 0 Å². The lowest BCUT2D eigenvalue weighted by Gasteiger charge is -2.03. The van der Waals surface area contributed by atoms with E-state index >= 15 is 0 Å². The summed E-state index contributed by atoms with van der Waals surface area (Å²) in [5.41, 5.74) is 8.36. The standard InChI is InChI=1S/C7H17N3/c1-4-9-10-7(8)5-6(2)3/h6,9H,4-5H2,1-3H3,(H2,8,10). The summed E-state index contributed by atoms with van der Waals surface area (Å²) in [5.74, 6) is 1.28. The zero-order chi connectivity index (χ0) is 7.98. The van der Waals surface area contributed by atoms with Gasteiger partial charge in [0.2, 0.25) is 0 Å². The molecule has 0 rings (SSSR count). The minimum atomic E-state index is 0.586. The van der Waals surface area contributed by atoms with Gasteiger partial charge in [-0.15, -0.1) is 0 Å². The Balaban J connectivity index is 3.49. The van der Waals surface area contributed by atoms with Crippen LogP contribution in [0.15, 0.2) is 5.10 Å². The van der Waals surface area contributed by atoms with Crippen molar-refractivity contribution < 1.29 is 0 Å². The molecule has 0 fully saturated rings. The van der Waals surface area contributed by atoms with E-state index in [1.54, 1.807) is 0 Å². The van der Waals surface area contributed by atoms with Gasteiger partial charge in [0.05, 0.1) is 0 Å². The van der Waals surface area contributed by atoms with Gasteiger partial charge in [0.15, 0.2) is 0 Å². The van der Waals surface area contributed by atoms with Gasteiger partial charge in [0, 0.05) is 13.0 Å². The molecule has 3 nitrogen and oxygen atoms in total. The summed E-state index contributed by atoms with van der Waals surface area (Å²) >= 11 is 0. The van der Waals surface area contributed by atoms with Gasteiger partial charge in [-0.1, -0.05) is 13.8 Å². The van der Waals surface area contributed by atoms with Crippen LogP contribution in [0.3, 0.4) is 0 Å². The summed E-state index contributed by atoms with van der Waals surface area (Å²) in [6.07, 6.45) is 0.868. The van der Waals surface area contributed by atoms with Crippen molar-refractivity contribution in [2.24, 2.45) is 16.8 Å². The van der Waals surface area contributed by atoms with Crippen LogP contribution in [0.4, 0.5) is 0 Å². The second-order valence-electron chi connectivity index (χ2n) is 2.71. The Morgan fingerprint density at radius 3 is 2.60 bits per heavy atom. The zero-order valence-corrected chi connectivity index (χ0v) is 7.02. The van der Waals surface area contributed by atoms with Crippen LogP contribution in [-0.2, 0) is 0 Å². The Bertz CT molecular complexity index is 107. The number of rotatable bonds is 4. The van der Waals surface area contributed by atoms with Crippen LogP contribution in [0.25, 0.3) is 0 Å². The highest BCUT2D eigenvalue weighted by Gasteiger charge is 1.96. The van der Waals surface area contributed by atoms with Crippen molar-refractivity contribution >= 4 is 5.84 Å². The second-order valence-corrected chi connectivity index (χ2v) is 2.71. The van der Waals surface area contributed by atoms with E-state index in [1.165, 1.54) is 0 Å². The molecule has 0 bridgehead atoms. The number of nitrogens with zero attached hydrogens (tertiary/aromatic N) is 1. The molecule has 0 heterocycles. The Morgan fingerprint density at radius 2 is 2.20 bits per heavy atom. The van der Waals surface area contributed by atoms with E-state index in [2.05, 4.69) is 24.4 Å². The lowest BCUT2D eigenvalue weighted by molar-refractivity contribution is 0.670. The molecule has 0 aromatic carbocycles. The molecule has 3 N–H and O–H groups in total. The van der Waals surface area contributed by atoms with Gasteiger partial charge in [0.25, 0.3) is 0 Å². The van der Waals surface area contributed by atoms with Crippen molar-refractivity contribution in [1.82, 2.24) is 5.43 Å². The number of hydrazone groups is 1. The van der Waals surface area contributed by atoms with Gasteiger partial charge in [-0.3, -0.25) is 0 Å². The zero-order valence-electron chi connectivity index (χ0n) is 7.02. The van der Waals surface area contributed by atoms with Gasteiger partial charge in [-0.2, -0.15) is 5.10 Å². The highest BCUT2D eigenvalue weighted by atomic mass is 15.3. The average molecular weight is 143 g/mol. The maximum atomic E-state index is 5.55. The minimum absolute atomic E-state index is 0.586. The van der Waals surface area contributed by atoms with E-state index in [9.17, 15) is 0 Å². The SMILES string of the molecule is CCNN=C(N)CC(C)C. The van der Waals surface area contributed by atoms with Gasteiger partial charge >= 0.3 is 0 Å². The molecule has 0 spiro atoms. The van der Waals surface area contributed by atoms with Crippen LogP contribution in [0.1, 0.15) is 27.2 Å². The predicted molar refractivity (Wildman–Crippen MR) is 44.8 cm³/mol. The first-order valence-electron chi connectivity index (χ1n) is 3.71. The number of hydrogen-bond acceptors (Lipinski definition) is 2. The summed E-state index contributed by atoms with van der Waals surface area (Å²) in [4.78, 5) is 0. The third-order valence-corrected chi connectivity index (χ3v) is 0.998. The van der Waals surface area contributed by atoms with Crippen LogP contribution in [0, 0.1) is 5.92 Å². The summed E-state index contributed by atoms with van der Waals surface area (Å²) < 4.78 is 0. The molecule has 0 saturated carbocycles. The van der Waals surface area contributed by atoms with Crippen LogP contribution in [-0.4, -0.2) is 12.4 Å². The Kier molecular flexibility index (Phi) is 4.72. The molecule has 10 heavy (non-hydrogen) atoms. The molecule has 0 unspecified atom stereocenters. The van der Waals surface area contributed by atoms with E-state index in [1.807, 2.05) is 6.92 Å². The first-order chi connectivity index (χ1) is 4.66. The third-order valence-electron chi connectivity index (χ3n) is 0.998. The summed E-state index contributed by atoms with van der Waals surface area (Å²) in [6.45, 7) is 7.06. The number of hydrogen-bond donors (Lipinski definition) is 2. The topological polar surface area (TPSA) is 50.4 Å². The van der Waals surface area contributed by atoms with Crippen LogP contribution < -0.4 is 11.2 Å². The monoisotopic (exact) mass is 143 g/mol. The van der Waals surface area contributed by atoms with Gasteiger partial charge in [0.1, 0.15) is 5.84 Å². The van der Waals surface area contributed by atoms with Crippen molar-refractivity contribution in [3.63, 3.8) is 0 Å². The van der Waals surface area contributed by atoms with E-state index in [0.717, 1.165) is 13.0 Å². The molecule has 0 aromatic heterocycles. The fourth-order valence-corrected chi connectivity index (χ4v) is 0.645. The minimum Gasteiger partial charge on any atom is -0.386 e. The van der Waals surface area contributed by atoms with Gasteiger partial charge in [-0.05, 0) is 12.8 Å². The van der Waals surface area contributed by atoms with Crippen molar-refractivity contribution in [2.45, 2.75) is 27.2 Å². The Hall–Kier alpha value is -0.730. The molecular weight excluding hydrogens is 126 g/mol. The maximum Gasteiger partial charge on any atom is 0.119 e. The molecule has 0 amide bonds. The molecular formula is C7H17N3. The number of nitrogens with one attached hydrogen (secondary N) is 1. The molecule has 0 radical (unpaired) electrons. The average Bonchev–Trinajstić information content (AvgIpc) is 1.82. The molecule has 0 aliphatic carbocycles. The molecule has 3 heteroatoms. The Labute approximate surface area is 62.7 Å². The van der Waals surface area contributed by atoms with Gasteiger partial charge < -0.3 is 11.2 Å². The van der Waals surface area contributed by atoms with Gasteiger partial charge in [-0.25, -0.2) is 0 Å². The Morgan fingerprint density at radius 1 is 1.60 bits per heavy atom. The second kappa shape index (κ2) is 5.09. The quantitative estimate of drug-likeness (QED) is 0.349. The highest BCUT2D eigenvalue weighted by Crippen LogP contribution is 1.97. The summed E-state index contributed by atoms with van der Waals surface area (Å²) in [5, 5.41) is 3.93. The largest absolute Gasteiger partial charge is 0.386 e. The molecule has 0 saturated heterocycles. The maximum absolute atomic E-state index is 5.55. The van der Waals surface area contributed by atoms with Crippen molar-refractivity contribution in [2.75, 3.05) is 6.54 Å². The lowest BCUT2D eigenvalue weighted by atomic mass is 10.1. The molecule has 60 valence electrons. The first kappa shape index (κ1) is 9.27. The van der Waals surface area contributed by atoms with E-state index in [4.69, 9.17) is 5.73 Å². The fourth-order valence-electron chi connectivity index (χ4n) is 0.645. The van der Waals surface area contributed by atoms with E-state index in [0.29, 0.717) is 11.8 Å². The highest BCUT2D eigenvalue weighted by molar-refractivity contribution is 5.80. The molecule has 0 aromatic rings. The van der Waals surface area contributed by atoms with E-state index in [-0.39, 0.29) is 0 Å². The predicted octanol–water partition coefficient (Wildman–Crippen LogP) is 0.914. The summed E-state index contributed by atoms with van der Waals surface area (Å²) in [6, 6.07) is 0. The van der Waals surface area contributed by atoms with Crippen LogP contribution >= 0.6 is 0 Å². The van der Waals surface area contributed by atoms with Crippen LogP contribution in [0.2, 0.25) is 0 Å². The van der Waals surface area contributed by atoms with E-state index < -0.39 is 0 Å². The van der Waals surface area contributed by atoms with Crippen molar-refractivity contribution in [1.29, 1.82) is 0 Å².